The van der Waals surface area contributed by atoms with Gasteiger partial charge in [0.05, 0.1) is 16.9 Å². The van der Waals surface area contributed by atoms with Crippen molar-refractivity contribution in [1.82, 2.24) is 4.98 Å². The first kappa shape index (κ1) is 14.5. The summed E-state index contributed by atoms with van der Waals surface area (Å²) in [5.74, 6) is 0.0622. The third kappa shape index (κ3) is 2.05. The lowest BCUT2D eigenvalue weighted by molar-refractivity contribution is 0.0993. The summed E-state index contributed by atoms with van der Waals surface area (Å²) in [7, 11) is 1.67. The van der Waals surface area contributed by atoms with Crippen molar-refractivity contribution in [3.05, 3.63) is 47.2 Å². The molecule has 0 bridgehead atoms. The zero-order chi connectivity index (χ0) is 16.0. The Labute approximate surface area is 133 Å². The van der Waals surface area contributed by atoms with Crippen LogP contribution in [0.4, 0.5) is 22.0 Å². The average Bonchev–Trinajstić information content (AvgIpc) is 2.54. The number of fused-ring (bicyclic) bond motifs is 2. The van der Waals surface area contributed by atoms with Crippen LogP contribution < -0.4 is 9.80 Å². The van der Waals surface area contributed by atoms with Crippen molar-refractivity contribution >= 4 is 40.1 Å². The van der Waals surface area contributed by atoms with E-state index in [2.05, 4.69) is 4.98 Å². The number of para-hydroxylation sites is 2. The number of hydrogen-bond acceptors (Lipinski definition) is 3. The lowest BCUT2D eigenvalue weighted by atomic mass is 10.1. The van der Waals surface area contributed by atoms with Crippen LogP contribution in [0.3, 0.4) is 0 Å². The van der Waals surface area contributed by atoms with Crippen molar-refractivity contribution < 1.29 is 9.59 Å². The van der Waals surface area contributed by atoms with Crippen molar-refractivity contribution in [2.45, 2.75) is 13.8 Å². The minimum Gasteiger partial charge on any atom is -0.309 e. The summed E-state index contributed by atoms with van der Waals surface area (Å²) in [6, 6.07) is 8.93. The van der Waals surface area contributed by atoms with Crippen molar-refractivity contribution in [1.29, 1.82) is 0 Å². The summed E-state index contributed by atoms with van der Waals surface area (Å²) in [4.78, 5) is 32.0. The molecule has 6 heteroatoms. The molecule has 1 aromatic carbocycles. The van der Waals surface area contributed by atoms with E-state index in [4.69, 9.17) is 11.6 Å². The third-order valence-electron chi connectivity index (χ3n) is 3.72. The SMILES string of the molecule is Cc1cc(C)c2c(n1)N(C(=O)Cl)c1ccccc1N(C)C2=O. The molecule has 22 heavy (non-hydrogen) atoms. The molecule has 2 aromatic rings. The summed E-state index contributed by atoms with van der Waals surface area (Å²) in [6.07, 6.45) is 0. The zero-order valence-corrected chi connectivity index (χ0v) is 13.2. The third-order valence-corrected chi connectivity index (χ3v) is 3.88. The first-order chi connectivity index (χ1) is 10.4. The maximum atomic E-state index is 12.8. The van der Waals surface area contributed by atoms with Gasteiger partial charge in [-0.3, -0.25) is 9.59 Å². The minimum atomic E-state index is -0.700. The monoisotopic (exact) mass is 315 g/mol. The minimum absolute atomic E-state index is 0.215. The molecule has 0 atom stereocenters. The Bertz CT molecular complexity index is 804. The fourth-order valence-electron chi connectivity index (χ4n) is 2.75. The Balaban J connectivity index is 2.42. The maximum Gasteiger partial charge on any atom is 0.326 e. The van der Waals surface area contributed by atoms with E-state index in [-0.39, 0.29) is 11.7 Å². The number of benzene rings is 1. The second kappa shape index (κ2) is 5.10. The number of halogens is 1. The number of nitrogens with zero attached hydrogens (tertiary/aromatic N) is 3. The maximum absolute atomic E-state index is 12.8. The summed E-state index contributed by atoms with van der Waals surface area (Å²) in [6.45, 7) is 3.64. The van der Waals surface area contributed by atoms with Gasteiger partial charge in [-0.25, -0.2) is 9.88 Å². The summed E-state index contributed by atoms with van der Waals surface area (Å²) < 4.78 is 0. The van der Waals surface area contributed by atoms with Gasteiger partial charge in [0.2, 0.25) is 0 Å². The van der Waals surface area contributed by atoms with E-state index in [0.29, 0.717) is 22.6 Å². The summed E-state index contributed by atoms with van der Waals surface area (Å²) >= 11 is 5.80. The highest BCUT2D eigenvalue weighted by Crippen LogP contribution is 2.40. The lowest BCUT2D eigenvalue weighted by Crippen LogP contribution is -2.26. The molecule has 2 amide bonds. The van der Waals surface area contributed by atoms with E-state index in [0.717, 1.165) is 5.56 Å². The number of anilines is 3. The number of hydrogen-bond donors (Lipinski definition) is 0. The van der Waals surface area contributed by atoms with Crippen LogP contribution >= 0.6 is 11.6 Å². The van der Waals surface area contributed by atoms with E-state index in [9.17, 15) is 9.59 Å². The largest absolute Gasteiger partial charge is 0.326 e. The molecule has 1 aromatic heterocycles. The number of aromatic nitrogens is 1. The van der Waals surface area contributed by atoms with E-state index in [1.54, 1.807) is 31.3 Å². The summed E-state index contributed by atoms with van der Waals surface area (Å²) in [5, 5.41) is -0.700. The smallest absolute Gasteiger partial charge is 0.309 e. The highest BCUT2D eigenvalue weighted by molar-refractivity contribution is 6.67. The van der Waals surface area contributed by atoms with Crippen LogP contribution in [0, 0.1) is 13.8 Å². The van der Waals surface area contributed by atoms with Crippen LogP contribution in [-0.4, -0.2) is 23.3 Å². The van der Waals surface area contributed by atoms with Crippen LogP contribution in [0.5, 0.6) is 0 Å². The van der Waals surface area contributed by atoms with Gasteiger partial charge in [0.1, 0.15) is 0 Å². The second-order valence-electron chi connectivity index (χ2n) is 5.22. The highest BCUT2D eigenvalue weighted by atomic mass is 35.5. The molecule has 0 saturated heterocycles. The Kier molecular flexibility index (Phi) is 3.37. The Morgan fingerprint density at radius 1 is 1.18 bits per heavy atom. The zero-order valence-electron chi connectivity index (χ0n) is 12.4. The van der Waals surface area contributed by atoms with E-state index >= 15 is 0 Å². The summed E-state index contributed by atoms with van der Waals surface area (Å²) in [5.41, 5.74) is 3.01. The second-order valence-corrected chi connectivity index (χ2v) is 5.54. The van der Waals surface area contributed by atoms with E-state index in [1.807, 2.05) is 19.9 Å². The van der Waals surface area contributed by atoms with Gasteiger partial charge in [0, 0.05) is 12.7 Å². The molecule has 1 aliphatic rings. The molecular weight excluding hydrogens is 302 g/mol. The Hall–Kier alpha value is -2.40. The standard InChI is InChI=1S/C16H14ClN3O2/c1-9-8-10(2)18-14-13(9)15(21)19(3)11-6-4-5-7-12(11)20(14)16(17)22/h4-8H,1-3H3. The molecular formula is C16H14ClN3O2. The molecule has 3 rings (SSSR count). The van der Waals surface area contributed by atoms with E-state index in [1.165, 1.54) is 9.80 Å². The van der Waals surface area contributed by atoms with Gasteiger partial charge >= 0.3 is 5.37 Å². The van der Waals surface area contributed by atoms with Crippen molar-refractivity contribution in [3.63, 3.8) is 0 Å². The highest BCUT2D eigenvalue weighted by Gasteiger charge is 2.34. The molecule has 0 unspecified atom stereocenters. The number of pyridine rings is 1. The van der Waals surface area contributed by atoms with E-state index < -0.39 is 5.37 Å². The van der Waals surface area contributed by atoms with Crippen LogP contribution in [0.25, 0.3) is 0 Å². The van der Waals surface area contributed by atoms with Gasteiger partial charge in [-0.05, 0) is 49.2 Å². The van der Waals surface area contributed by atoms with Gasteiger partial charge in [-0.1, -0.05) is 12.1 Å². The molecule has 0 spiro atoms. The average molecular weight is 316 g/mol. The van der Waals surface area contributed by atoms with Gasteiger partial charge in [0.25, 0.3) is 5.91 Å². The Morgan fingerprint density at radius 2 is 1.82 bits per heavy atom. The topological polar surface area (TPSA) is 53.5 Å². The van der Waals surface area contributed by atoms with Crippen LogP contribution in [0.1, 0.15) is 21.6 Å². The molecule has 112 valence electrons. The normalized spacial score (nSPS) is 13.5. The number of rotatable bonds is 0. The predicted molar refractivity (Wildman–Crippen MR) is 86.3 cm³/mol. The number of carbonyl (C=O) groups excluding carboxylic acids is 2. The molecule has 5 nitrogen and oxygen atoms in total. The predicted octanol–water partition coefficient (Wildman–Crippen LogP) is 3.79. The molecule has 0 radical (unpaired) electrons. The first-order valence-corrected chi connectivity index (χ1v) is 7.14. The molecule has 0 aliphatic carbocycles. The molecule has 2 heterocycles. The molecule has 0 saturated carbocycles. The lowest BCUT2D eigenvalue weighted by Gasteiger charge is -2.21. The van der Waals surface area contributed by atoms with Crippen molar-refractivity contribution in [2.24, 2.45) is 0 Å². The number of amides is 2. The number of aryl methyl sites for hydroxylation is 2. The fourth-order valence-corrected chi connectivity index (χ4v) is 2.92. The quantitative estimate of drug-likeness (QED) is 0.549. The molecule has 1 aliphatic heterocycles. The Morgan fingerprint density at radius 3 is 2.45 bits per heavy atom. The molecule has 0 N–H and O–H groups in total. The van der Waals surface area contributed by atoms with Gasteiger partial charge < -0.3 is 4.90 Å². The van der Waals surface area contributed by atoms with Crippen LogP contribution in [0.2, 0.25) is 0 Å². The van der Waals surface area contributed by atoms with Crippen molar-refractivity contribution in [3.8, 4) is 0 Å². The number of carbonyl (C=O) groups is 2. The van der Waals surface area contributed by atoms with Gasteiger partial charge in [-0.15, -0.1) is 0 Å². The fraction of sp³-hybridized carbons (Fsp3) is 0.188. The van der Waals surface area contributed by atoms with Crippen LogP contribution in [0.15, 0.2) is 30.3 Å². The van der Waals surface area contributed by atoms with Gasteiger partial charge in [-0.2, -0.15) is 0 Å². The van der Waals surface area contributed by atoms with Gasteiger partial charge in [0.15, 0.2) is 5.82 Å². The van der Waals surface area contributed by atoms with Crippen molar-refractivity contribution in [2.75, 3.05) is 16.8 Å². The molecule has 0 fully saturated rings. The first-order valence-electron chi connectivity index (χ1n) is 6.76. The van der Waals surface area contributed by atoms with Crippen LogP contribution in [-0.2, 0) is 0 Å².